The van der Waals surface area contributed by atoms with E-state index in [1.54, 1.807) is 6.07 Å². The number of nitrogens with one attached hydrogen (secondary N) is 1. The molecule has 27 heavy (non-hydrogen) atoms. The molecule has 3 aromatic rings. The molecule has 2 heterocycles. The van der Waals surface area contributed by atoms with Gasteiger partial charge in [-0.3, -0.25) is 0 Å². The van der Waals surface area contributed by atoms with Gasteiger partial charge in [-0.15, -0.1) is 0 Å². The SMILES string of the molecule is CNS(=O)(=O)CCc1cc(-c2nc3cc(F)c(F)cc3n2C2CC2)cnn1. The Morgan fingerprint density at radius 1 is 1.22 bits per heavy atom. The predicted molar refractivity (Wildman–Crippen MR) is 95.5 cm³/mol. The largest absolute Gasteiger partial charge is 0.321 e. The Hall–Kier alpha value is -2.46. The lowest BCUT2D eigenvalue weighted by atomic mass is 10.2. The van der Waals surface area contributed by atoms with Crippen LogP contribution in [0, 0.1) is 11.6 Å². The highest BCUT2D eigenvalue weighted by Gasteiger charge is 2.29. The molecule has 4 rings (SSSR count). The minimum absolute atomic E-state index is 0.114. The van der Waals surface area contributed by atoms with Gasteiger partial charge in [0.1, 0.15) is 5.82 Å². The highest BCUT2D eigenvalue weighted by molar-refractivity contribution is 7.89. The Bertz CT molecular complexity index is 1130. The van der Waals surface area contributed by atoms with Gasteiger partial charge in [0.25, 0.3) is 0 Å². The molecular formula is C17H17F2N5O2S. The molecule has 1 aliphatic carbocycles. The number of fused-ring (bicyclic) bond motifs is 1. The molecule has 142 valence electrons. The van der Waals surface area contributed by atoms with E-state index < -0.39 is 21.7 Å². The van der Waals surface area contributed by atoms with Crippen LogP contribution >= 0.6 is 0 Å². The fourth-order valence-electron chi connectivity index (χ4n) is 2.99. The minimum Gasteiger partial charge on any atom is -0.321 e. The summed E-state index contributed by atoms with van der Waals surface area (Å²) < 4.78 is 54.7. The number of benzene rings is 1. The van der Waals surface area contributed by atoms with Gasteiger partial charge in [0, 0.05) is 30.2 Å². The van der Waals surface area contributed by atoms with Crippen molar-refractivity contribution in [2.24, 2.45) is 0 Å². The first kappa shape index (κ1) is 17.9. The topological polar surface area (TPSA) is 89.8 Å². The molecule has 0 atom stereocenters. The highest BCUT2D eigenvalue weighted by Crippen LogP contribution is 2.41. The summed E-state index contributed by atoms with van der Waals surface area (Å²) in [5, 5.41) is 7.92. The molecule has 1 fully saturated rings. The van der Waals surface area contributed by atoms with Gasteiger partial charge in [-0.05, 0) is 26.0 Å². The highest BCUT2D eigenvalue weighted by atomic mass is 32.2. The van der Waals surface area contributed by atoms with Crippen molar-refractivity contribution in [3.8, 4) is 11.4 Å². The minimum atomic E-state index is -3.36. The quantitative estimate of drug-likeness (QED) is 0.693. The zero-order valence-electron chi connectivity index (χ0n) is 14.5. The molecule has 1 saturated carbocycles. The van der Waals surface area contributed by atoms with Gasteiger partial charge in [-0.1, -0.05) is 0 Å². The number of imidazole rings is 1. The second kappa shape index (κ2) is 6.61. The molecule has 7 nitrogen and oxygen atoms in total. The molecule has 1 aliphatic rings. The number of rotatable bonds is 6. The van der Waals surface area contributed by atoms with Crippen molar-refractivity contribution in [2.75, 3.05) is 12.8 Å². The van der Waals surface area contributed by atoms with Crippen LogP contribution in [0.2, 0.25) is 0 Å². The first-order valence-corrected chi connectivity index (χ1v) is 10.1. The van der Waals surface area contributed by atoms with E-state index in [-0.39, 0.29) is 18.2 Å². The van der Waals surface area contributed by atoms with Crippen molar-refractivity contribution in [1.29, 1.82) is 0 Å². The zero-order valence-corrected chi connectivity index (χ0v) is 15.3. The van der Waals surface area contributed by atoms with Crippen LogP contribution in [-0.2, 0) is 16.4 Å². The smallest absolute Gasteiger partial charge is 0.211 e. The predicted octanol–water partition coefficient (Wildman–Crippen LogP) is 2.20. The lowest BCUT2D eigenvalue weighted by molar-refractivity contribution is 0.510. The van der Waals surface area contributed by atoms with Crippen LogP contribution in [0.1, 0.15) is 24.6 Å². The molecule has 1 N–H and O–H groups in total. The van der Waals surface area contributed by atoms with Gasteiger partial charge < -0.3 is 4.57 Å². The summed E-state index contributed by atoms with van der Waals surface area (Å²) in [4.78, 5) is 4.47. The average Bonchev–Trinajstić information content (AvgIpc) is 3.43. The van der Waals surface area contributed by atoms with Crippen molar-refractivity contribution in [2.45, 2.75) is 25.3 Å². The van der Waals surface area contributed by atoms with E-state index in [4.69, 9.17) is 0 Å². The molecule has 2 aromatic heterocycles. The molecule has 0 unspecified atom stereocenters. The molecule has 0 radical (unpaired) electrons. The first-order chi connectivity index (χ1) is 12.9. The lowest BCUT2D eigenvalue weighted by Gasteiger charge is -2.08. The van der Waals surface area contributed by atoms with E-state index >= 15 is 0 Å². The van der Waals surface area contributed by atoms with Crippen LogP contribution in [0.15, 0.2) is 24.4 Å². The van der Waals surface area contributed by atoms with Gasteiger partial charge in [-0.25, -0.2) is 26.9 Å². The molecule has 10 heteroatoms. The van der Waals surface area contributed by atoms with Crippen LogP contribution in [0.3, 0.4) is 0 Å². The van der Waals surface area contributed by atoms with Crippen molar-refractivity contribution in [1.82, 2.24) is 24.5 Å². The standard InChI is InChI=1S/C17H17F2N5O2S/c1-20-27(25,26)5-4-11-6-10(9-21-23-11)17-22-15-7-13(18)14(19)8-16(15)24(17)12-2-3-12/h6-9,12,20H,2-5H2,1H3. The third kappa shape index (κ3) is 3.54. The molecule has 0 aliphatic heterocycles. The number of hydrogen-bond donors (Lipinski definition) is 1. The number of sulfonamides is 1. The monoisotopic (exact) mass is 393 g/mol. The van der Waals surface area contributed by atoms with E-state index in [0.717, 1.165) is 25.0 Å². The first-order valence-electron chi connectivity index (χ1n) is 8.48. The number of halogens is 2. The normalized spacial score (nSPS) is 14.8. The van der Waals surface area contributed by atoms with Gasteiger partial charge >= 0.3 is 0 Å². The van der Waals surface area contributed by atoms with E-state index in [1.807, 2.05) is 4.57 Å². The lowest BCUT2D eigenvalue weighted by Crippen LogP contribution is -2.23. The Balaban J connectivity index is 1.76. The summed E-state index contributed by atoms with van der Waals surface area (Å²) in [7, 11) is -2.00. The van der Waals surface area contributed by atoms with Crippen molar-refractivity contribution in [3.05, 3.63) is 41.7 Å². The van der Waals surface area contributed by atoms with E-state index in [9.17, 15) is 17.2 Å². The Labute approximate surface area is 154 Å². The van der Waals surface area contributed by atoms with Crippen molar-refractivity contribution < 1.29 is 17.2 Å². The maximum Gasteiger partial charge on any atom is 0.211 e. The third-order valence-corrected chi connectivity index (χ3v) is 5.91. The number of aryl methyl sites for hydroxylation is 1. The van der Waals surface area contributed by atoms with E-state index in [1.165, 1.54) is 13.2 Å². The number of nitrogens with zero attached hydrogens (tertiary/aromatic N) is 4. The summed E-state index contributed by atoms with van der Waals surface area (Å²) in [6.07, 6.45) is 3.58. The number of hydrogen-bond acceptors (Lipinski definition) is 5. The third-order valence-electron chi connectivity index (χ3n) is 4.54. The maximum absolute atomic E-state index is 13.7. The fourth-order valence-corrected chi connectivity index (χ4v) is 3.67. The Morgan fingerprint density at radius 2 is 1.96 bits per heavy atom. The van der Waals surface area contributed by atoms with Gasteiger partial charge in [0.05, 0.1) is 28.7 Å². The molecule has 0 saturated heterocycles. The Morgan fingerprint density at radius 3 is 2.67 bits per heavy atom. The summed E-state index contributed by atoms with van der Waals surface area (Å²) >= 11 is 0. The molecule has 0 spiro atoms. The number of aromatic nitrogens is 4. The van der Waals surface area contributed by atoms with Crippen LogP contribution in [0.4, 0.5) is 8.78 Å². The van der Waals surface area contributed by atoms with Crippen molar-refractivity contribution in [3.63, 3.8) is 0 Å². The van der Waals surface area contributed by atoms with Crippen LogP contribution in [-0.4, -0.2) is 41.0 Å². The van der Waals surface area contributed by atoms with Crippen LogP contribution < -0.4 is 4.72 Å². The molecule has 0 amide bonds. The average molecular weight is 393 g/mol. The summed E-state index contributed by atoms with van der Waals surface area (Å²) in [6.45, 7) is 0. The molecule has 0 bridgehead atoms. The molecular weight excluding hydrogens is 376 g/mol. The maximum atomic E-state index is 13.7. The zero-order chi connectivity index (χ0) is 19.2. The van der Waals surface area contributed by atoms with Gasteiger partial charge in [0.2, 0.25) is 10.0 Å². The van der Waals surface area contributed by atoms with Crippen LogP contribution in [0.25, 0.3) is 22.4 Å². The van der Waals surface area contributed by atoms with Gasteiger partial charge in [-0.2, -0.15) is 10.2 Å². The van der Waals surface area contributed by atoms with Crippen molar-refractivity contribution >= 4 is 21.1 Å². The summed E-state index contributed by atoms with van der Waals surface area (Å²) in [5.74, 6) is -1.43. The summed E-state index contributed by atoms with van der Waals surface area (Å²) in [5.41, 5.74) is 2.03. The second-order valence-electron chi connectivity index (χ2n) is 6.50. The van der Waals surface area contributed by atoms with Gasteiger partial charge in [0.15, 0.2) is 11.6 Å². The Kier molecular flexibility index (Phi) is 4.39. The van der Waals surface area contributed by atoms with E-state index in [2.05, 4.69) is 19.9 Å². The second-order valence-corrected chi connectivity index (χ2v) is 8.55. The van der Waals surface area contributed by atoms with Crippen LogP contribution in [0.5, 0.6) is 0 Å². The molecule has 1 aromatic carbocycles. The fraction of sp³-hybridized carbons (Fsp3) is 0.353. The summed E-state index contributed by atoms with van der Waals surface area (Å²) in [6, 6.07) is 4.14. The van der Waals surface area contributed by atoms with E-state index in [0.29, 0.717) is 28.1 Å².